The minimum atomic E-state index is -7.54. The minimum absolute atomic E-state index is 3.97. The molecule has 0 fully saturated rings. The van der Waals surface area contributed by atoms with Crippen molar-refractivity contribution in [3.05, 3.63) is 11.8 Å². The van der Waals surface area contributed by atoms with Crippen LogP contribution >= 0.6 is 0 Å². The highest BCUT2D eigenvalue weighted by Gasteiger charge is 2.76. The number of alkyl halides is 13. The second-order valence-electron chi connectivity index (χ2n) is 3.52. The van der Waals surface area contributed by atoms with E-state index in [0.717, 1.165) is 0 Å². The molecule has 0 aliphatic heterocycles. The van der Waals surface area contributed by atoms with E-state index < -0.39 is 47.3 Å². The van der Waals surface area contributed by atoms with Crippen molar-refractivity contribution in [1.82, 2.24) is 4.90 Å². The molecular formula is C7F15N. The maximum atomic E-state index is 12.8. The van der Waals surface area contributed by atoms with Gasteiger partial charge < -0.3 is 0 Å². The molecular weight excluding hydrogens is 383 g/mol. The van der Waals surface area contributed by atoms with Crippen LogP contribution in [0.2, 0.25) is 0 Å². The fourth-order valence-corrected chi connectivity index (χ4v) is 0.892. The Morgan fingerprint density at radius 1 is 0.522 bits per heavy atom. The molecule has 0 saturated heterocycles. The van der Waals surface area contributed by atoms with Gasteiger partial charge in [0.1, 0.15) is 0 Å². The van der Waals surface area contributed by atoms with Crippen molar-refractivity contribution in [3.8, 4) is 0 Å². The molecule has 23 heavy (non-hydrogen) atoms. The van der Waals surface area contributed by atoms with Crippen LogP contribution in [0.25, 0.3) is 0 Å². The summed E-state index contributed by atoms with van der Waals surface area (Å²) >= 11 is 0. The monoisotopic (exact) mass is 383 g/mol. The summed E-state index contributed by atoms with van der Waals surface area (Å²) in [6.45, 7) is 0. The summed E-state index contributed by atoms with van der Waals surface area (Å²) in [7, 11) is 0. The van der Waals surface area contributed by atoms with E-state index in [4.69, 9.17) is 0 Å². The fourth-order valence-electron chi connectivity index (χ4n) is 0.892. The Morgan fingerprint density at radius 2 is 0.783 bits per heavy atom. The zero-order chi connectivity index (χ0) is 19.2. The van der Waals surface area contributed by atoms with E-state index >= 15 is 0 Å². The van der Waals surface area contributed by atoms with Gasteiger partial charge >= 0.3 is 30.6 Å². The Morgan fingerprint density at radius 3 is 0.957 bits per heavy atom. The molecule has 0 aliphatic carbocycles. The van der Waals surface area contributed by atoms with Crippen LogP contribution in [0.4, 0.5) is 65.9 Å². The molecule has 1 nitrogen and oxygen atoms in total. The van der Waals surface area contributed by atoms with E-state index in [2.05, 4.69) is 0 Å². The third-order valence-electron chi connectivity index (χ3n) is 1.87. The Labute approximate surface area is 114 Å². The first kappa shape index (κ1) is 21.5. The lowest BCUT2D eigenvalue weighted by atomic mass is 10.3. The van der Waals surface area contributed by atoms with Crippen LogP contribution in [0, 0.1) is 0 Å². The highest BCUT2D eigenvalue weighted by atomic mass is 19.4. The SMILES string of the molecule is FC(=C(F)C(F)(F)F)N(C(F)(F)C(F)(F)F)C(F)(F)C(F)(F)F. The van der Waals surface area contributed by atoms with Gasteiger partial charge in [0, 0.05) is 0 Å². The zero-order valence-corrected chi connectivity index (χ0v) is 9.62. The maximum Gasteiger partial charge on any atom is 0.475 e. The lowest BCUT2D eigenvalue weighted by Crippen LogP contribution is -2.63. The minimum Gasteiger partial charge on any atom is -0.210 e. The van der Waals surface area contributed by atoms with Gasteiger partial charge in [-0.25, -0.2) is 4.90 Å². The molecule has 0 saturated carbocycles. The van der Waals surface area contributed by atoms with E-state index in [-0.39, 0.29) is 0 Å². The second-order valence-corrected chi connectivity index (χ2v) is 3.52. The van der Waals surface area contributed by atoms with Gasteiger partial charge in [-0.15, -0.1) is 0 Å². The predicted octanol–water partition coefficient (Wildman–Crippen LogP) is 5.27. The van der Waals surface area contributed by atoms with Crippen LogP contribution in [0.5, 0.6) is 0 Å². The molecule has 0 spiro atoms. The van der Waals surface area contributed by atoms with Crippen LogP contribution in [-0.4, -0.2) is 35.5 Å². The van der Waals surface area contributed by atoms with Gasteiger partial charge in [-0.1, -0.05) is 0 Å². The molecule has 0 radical (unpaired) electrons. The Balaban J connectivity index is 6.62. The van der Waals surface area contributed by atoms with Gasteiger partial charge in [-0.2, -0.15) is 65.9 Å². The summed E-state index contributed by atoms with van der Waals surface area (Å²) in [5.41, 5.74) is 0. The average Bonchev–Trinajstić information content (AvgIpc) is 2.22. The Bertz CT molecular complexity index is 436. The van der Waals surface area contributed by atoms with E-state index in [9.17, 15) is 65.9 Å². The summed E-state index contributed by atoms with van der Waals surface area (Å²) in [5.74, 6) is -9.45. The average molecular weight is 383 g/mol. The lowest BCUT2D eigenvalue weighted by Gasteiger charge is -2.38. The quantitative estimate of drug-likeness (QED) is 0.474. The number of hydrogen-bond acceptors (Lipinski definition) is 1. The largest absolute Gasteiger partial charge is 0.475 e. The van der Waals surface area contributed by atoms with Gasteiger partial charge in [0.15, 0.2) is 0 Å². The Kier molecular flexibility index (Phi) is 5.17. The normalized spacial score (nSPS) is 16.3. The van der Waals surface area contributed by atoms with Crippen LogP contribution < -0.4 is 0 Å². The van der Waals surface area contributed by atoms with Crippen molar-refractivity contribution in [2.75, 3.05) is 0 Å². The van der Waals surface area contributed by atoms with Crippen molar-refractivity contribution in [2.24, 2.45) is 0 Å². The maximum absolute atomic E-state index is 12.8. The number of halogens is 15. The highest BCUT2D eigenvalue weighted by molar-refractivity contribution is 5.10. The molecule has 0 atom stereocenters. The third-order valence-corrected chi connectivity index (χ3v) is 1.87. The van der Waals surface area contributed by atoms with Crippen molar-refractivity contribution < 1.29 is 65.9 Å². The molecule has 0 amide bonds. The number of hydrogen-bond donors (Lipinski definition) is 0. The van der Waals surface area contributed by atoms with Crippen LogP contribution in [-0.2, 0) is 0 Å². The third kappa shape index (κ3) is 3.88. The number of nitrogens with zero attached hydrogens (tertiary/aromatic N) is 1. The molecule has 0 unspecified atom stereocenters. The van der Waals surface area contributed by atoms with Crippen molar-refractivity contribution in [1.29, 1.82) is 0 Å². The topological polar surface area (TPSA) is 3.24 Å². The van der Waals surface area contributed by atoms with Gasteiger partial charge in [-0.05, 0) is 0 Å². The molecule has 16 heteroatoms. The van der Waals surface area contributed by atoms with Gasteiger partial charge in [0.25, 0.3) is 5.83 Å². The molecule has 0 N–H and O–H groups in total. The molecule has 0 rings (SSSR count). The summed E-state index contributed by atoms with van der Waals surface area (Å²) in [6.07, 6.45) is -21.6. The lowest BCUT2D eigenvalue weighted by molar-refractivity contribution is -0.427. The van der Waals surface area contributed by atoms with Gasteiger partial charge in [-0.3, -0.25) is 0 Å². The molecule has 138 valence electrons. The molecule has 0 aliphatic rings. The summed E-state index contributed by atoms with van der Waals surface area (Å²) in [5, 5.41) is 0. The Hall–Kier alpha value is -1.51. The first-order valence-corrected chi connectivity index (χ1v) is 4.51. The zero-order valence-electron chi connectivity index (χ0n) is 9.62. The van der Waals surface area contributed by atoms with E-state index in [1.165, 1.54) is 0 Å². The first-order chi connectivity index (χ1) is 9.69. The summed E-state index contributed by atoms with van der Waals surface area (Å²) in [6, 6.07) is -15.1. The molecule has 0 aromatic heterocycles. The van der Waals surface area contributed by atoms with Crippen molar-refractivity contribution >= 4 is 0 Å². The van der Waals surface area contributed by atoms with Crippen LogP contribution in [0.3, 0.4) is 0 Å². The van der Waals surface area contributed by atoms with Crippen LogP contribution in [0.15, 0.2) is 11.8 Å². The molecule has 0 bridgehead atoms. The molecule has 0 aromatic carbocycles. The van der Waals surface area contributed by atoms with Crippen molar-refractivity contribution in [2.45, 2.75) is 30.6 Å². The molecule has 0 aromatic rings. The number of allylic oxidation sites excluding steroid dienone is 1. The number of rotatable bonds is 3. The second kappa shape index (κ2) is 5.54. The summed E-state index contributed by atoms with van der Waals surface area (Å²) < 4.78 is 182. The standard InChI is InChI=1S/C7F15N/c8-1(3(10,11)12)2(9)23(6(19,20)4(13,14)15)7(21,22)5(16,17)18. The van der Waals surface area contributed by atoms with E-state index in [0.29, 0.717) is 0 Å². The van der Waals surface area contributed by atoms with Gasteiger partial charge in [0.2, 0.25) is 5.95 Å². The van der Waals surface area contributed by atoms with Crippen molar-refractivity contribution in [3.63, 3.8) is 0 Å². The summed E-state index contributed by atoms with van der Waals surface area (Å²) in [4.78, 5) is -3.97. The first-order valence-electron chi connectivity index (χ1n) is 4.51. The molecule has 0 heterocycles. The highest BCUT2D eigenvalue weighted by Crippen LogP contribution is 2.51. The smallest absolute Gasteiger partial charge is 0.210 e. The van der Waals surface area contributed by atoms with Crippen LogP contribution in [0.1, 0.15) is 0 Å². The van der Waals surface area contributed by atoms with E-state index in [1.54, 1.807) is 0 Å². The fraction of sp³-hybridized carbons (Fsp3) is 0.714. The van der Waals surface area contributed by atoms with Gasteiger partial charge in [0.05, 0.1) is 0 Å². The van der Waals surface area contributed by atoms with E-state index in [1.807, 2.05) is 0 Å². The predicted molar refractivity (Wildman–Crippen MR) is 39.1 cm³/mol.